The number of rotatable bonds is 5. The van der Waals surface area contributed by atoms with Gasteiger partial charge in [0.25, 0.3) is 5.91 Å². The Morgan fingerprint density at radius 1 is 1.26 bits per heavy atom. The van der Waals surface area contributed by atoms with E-state index in [0.717, 1.165) is 43.6 Å². The predicted octanol–water partition coefficient (Wildman–Crippen LogP) is 2.72. The van der Waals surface area contributed by atoms with Crippen LogP contribution in [0.2, 0.25) is 0 Å². The van der Waals surface area contributed by atoms with Crippen molar-refractivity contribution in [2.24, 2.45) is 0 Å². The number of amides is 1. The van der Waals surface area contributed by atoms with Crippen molar-refractivity contribution in [1.29, 1.82) is 0 Å². The molecule has 5 rings (SSSR count). The number of pyridine rings is 1. The average Bonchev–Trinajstić information content (AvgIpc) is 3.23. The first-order valence-electron chi connectivity index (χ1n) is 11.8. The average molecular weight is 427 g/mol. The summed E-state index contributed by atoms with van der Waals surface area (Å²) < 4.78 is 7.47. The lowest BCUT2D eigenvalue weighted by Gasteiger charge is -2.44. The molecule has 31 heavy (non-hydrogen) atoms. The zero-order valence-electron chi connectivity index (χ0n) is 18.6. The van der Waals surface area contributed by atoms with E-state index >= 15 is 0 Å². The van der Waals surface area contributed by atoms with Crippen LogP contribution < -0.4 is 5.32 Å². The molecule has 2 atom stereocenters. The molecule has 3 fully saturated rings. The molecule has 1 amide bonds. The number of hydrogen-bond donors (Lipinski definition) is 2. The number of aromatic nitrogens is 2. The number of nitrogens with one attached hydrogen (secondary N) is 1. The maximum absolute atomic E-state index is 13.2. The maximum atomic E-state index is 13.2. The van der Waals surface area contributed by atoms with Crippen molar-refractivity contribution in [1.82, 2.24) is 19.6 Å². The van der Waals surface area contributed by atoms with Crippen LogP contribution in [-0.2, 0) is 4.74 Å². The van der Waals surface area contributed by atoms with E-state index in [1.54, 1.807) is 0 Å². The van der Waals surface area contributed by atoms with Gasteiger partial charge >= 0.3 is 0 Å². The van der Waals surface area contributed by atoms with Crippen molar-refractivity contribution in [3.8, 4) is 0 Å². The largest absolute Gasteiger partial charge is 0.388 e. The van der Waals surface area contributed by atoms with Crippen LogP contribution in [0.1, 0.15) is 74.6 Å². The summed E-state index contributed by atoms with van der Waals surface area (Å²) in [7, 11) is 0. The second-order valence-electron chi connectivity index (χ2n) is 9.97. The standard InChI is InChI=1S/C24H34N4O3/c1-16(2)22-26-21(20-5-3-4-10-27(20)22)23(29)25-17-13-18-6-7-19(14-17)28(18)15-24(30)8-11-31-12-9-24/h3-5,10,16-19,30H,6-9,11-15H2,1-2H3,(H,25,29). The molecule has 168 valence electrons. The number of piperidine rings is 1. The fourth-order valence-corrected chi connectivity index (χ4v) is 5.79. The van der Waals surface area contributed by atoms with E-state index in [0.29, 0.717) is 43.8 Å². The molecule has 2 aromatic heterocycles. The van der Waals surface area contributed by atoms with Crippen LogP contribution in [0.5, 0.6) is 0 Å². The number of ether oxygens (including phenoxy) is 1. The Bertz CT molecular complexity index is 935. The third-order valence-electron chi connectivity index (χ3n) is 7.43. The van der Waals surface area contributed by atoms with E-state index in [4.69, 9.17) is 9.72 Å². The first kappa shape index (κ1) is 20.9. The maximum Gasteiger partial charge on any atom is 0.272 e. The highest BCUT2D eigenvalue weighted by molar-refractivity contribution is 5.99. The summed E-state index contributed by atoms with van der Waals surface area (Å²) in [6.07, 6.45) is 7.59. The van der Waals surface area contributed by atoms with Gasteiger partial charge in [-0.05, 0) is 37.8 Å². The lowest BCUT2D eigenvalue weighted by molar-refractivity contribution is -0.0910. The molecule has 3 aliphatic heterocycles. The van der Waals surface area contributed by atoms with E-state index in [9.17, 15) is 9.90 Å². The topological polar surface area (TPSA) is 79.1 Å². The normalized spacial score (nSPS) is 28.3. The number of aliphatic hydroxyl groups is 1. The molecule has 3 saturated heterocycles. The fourth-order valence-electron chi connectivity index (χ4n) is 5.79. The second kappa shape index (κ2) is 8.19. The SMILES string of the molecule is CC(C)c1nc(C(=O)NC2CC3CCC(C2)N3CC2(O)CCOCC2)c2ccccn12. The van der Waals surface area contributed by atoms with E-state index in [1.807, 2.05) is 28.8 Å². The lowest BCUT2D eigenvalue weighted by atomic mass is 9.90. The molecule has 7 nitrogen and oxygen atoms in total. The van der Waals surface area contributed by atoms with Crippen LogP contribution >= 0.6 is 0 Å². The highest BCUT2D eigenvalue weighted by atomic mass is 16.5. The second-order valence-corrected chi connectivity index (χ2v) is 9.97. The third-order valence-corrected chi connectivity index (χ3v) is 7.43. The summed E-state index contributed by atoms with van der Waals surface area (Å²) in [6, 6.07) is 6.92. The zero-order valence-corrected chi connectivity index (χ0v) is 18.6. The Morgan fingerprint density at radius 2 is 1.97 bits per heavy atom. The highest BCUT2D eigenvalue weighted by Gasteiger charge is 2.45. The van der Waals surface area contributed by atoms with Gasteiger partial charge in [-0.2, -0.15) is 0 Å². The Labute approximate surface area is 183 Å². The summed E-state index contributed by atoms with van der Waals surface area (Å²) in [5, 5.41) is 14.3. The van der Waals surface area contributed by atoms with Gasteiger partial charge in [-0.25, -0.2) is 4.98 Å². The van der Waals surface area contributed by atoms with Gasteiger partial charge in [-0.15, -0.1) is 0 Å². The van der Waals surface area contributed by atoms with Gasteiger partial charge < -0.3 is 19.6 Å². The minimum absolute atomic E-state index is 0.0727. The van der Waals surface area contributed by atoms with E-state index in [2.05, 4.69) is 24.1 Å². The Hall–Kier alpha value is -1.96. The van der Waals surface area contributed by atoms with Crippen molar-refractivity contribution in [3.05, 3.63) is 35.9 Å². The van der Waals surface area contributed by atoms with Gasteiger partial charge in [0.2, 0.25) is 0 Å². The van der Waals surface area contributed by atoms with Crippen LogP contribution in [0.4, 0.5) is 0 Å². The Morgan fingerprint density at radius 3 is 2.65 bits per heavy atom. The highest BCUT2D eigenvalue weighted by Crippen LogP contribution is 2.38. The molecule has 5 heterocycles. The molecule has 2 bridgehead atoms. The van der Waals surface area contributed by atoms with Crippen LogP contribution in [-0.4, -0.2) is 68.8 Å². The number of fused-ring (bicyclic) bond motifs is 3. The number of nitrogens with zero attached hydrogens (tertiary/aromatic N) is 3. The molecule has 0 spiro atoms. The van der Waals surface area contributed by atoms with E-state index in [1.165, 1.54) is 0 Å². The van der Waals surface area contributed by atoms with Crippen LogP contribution in [0.3, 0.4) is 0 Å². The molecular weight excluding hydrogens is 392 g/mol. The predicted molar refractivity (Wildman–Crippen MR) is 118 cm³/mol. The van der Waals surface area contributed by atoms with Gasteiger partial charge in [0, 0.05) is 62.8 Å². The zero-order chi connectivity index (χ0) is 21.6. The molecule has 7 heteroatoms. The Balaban J connectivity index is 1.28. The molecule has 3 aliphatic rings. The van der Waals surface area contributed by atoms with Crippen LogP contribution in [0.25, 0.3) is 5.52 Å². The summed E-state index contributed by atoms with van der Waals surface area (Å²) in [5.74, 6) is 1.09. The van der Waals surface area contributed by atoms with Crippen molar-refractivity contribution in [2.45, 2.75) is 82.0 Å². The molecule has 2 unspecified atom stereocenters. The minimum atomic E-state index is -0.627. The van der Waals surface area contributed by atoms with Gasteiger partial charge in [0.05, 0.1) is 11.1 Å². The monoisotopic (exact) mass is 426 g/mol. The molecule has 0 saturated carbocycles. The summed E-state index contributed by atoms with van der Waals surface area (Å²) in [6.45, 7) is 6.23. The van der Waals surface area contributed by atoms with Crippen molar-refractivity contribution in [2.75, 3.05) is 19.8 Å². The van der Waals surface area contributed by atoms with Gasteiger partial charge in [0.1, 0.15) is 5.82 Å². The summed E-state index contributed by atoms with van der Waals surface area (Å²) in [5.41, 5.74) is 0.763. The lowest BCUT2D eigenvalue weighted by Crippen LogP contribution is -2.56. The van der Waals surface area contributed by atoms with Gasteiger partial charge in [0.15, 0.2) is 5.69 Å². The van der Waals surface area contributed by atoms with Crippen molar-refractivity contribution in [3.63, 3.8) is 0 Å². The number of carbonyl (C=O) groups excluding carboxylic acids is 1. The Kier molecular flexibility index (Phi) is 5.52. The van der Waals surface area contributed by atoms with Crippen LogP contribution in [0, 0.1) is 0 Å². The molecular formula is C24H34N4O3. The quantitative estimate of drug-likeness (QED) is 0.769. The number of imidazole rings is 1. The number of carbonyl (C=O) groups is 1. The van der Waals surface area contributed by atoms with Gasteiger partial charge in [-0.3, -0.25) is 9.69 Å². The van der Waals surface area contributed by atoms with E-state index < -0.39 is 5.60 Å². The molecule has 2 aromatic rings. The summed E-state index contributed by atoms with van der Waals surface area (Å²) >= 11 is 0. The molecule has 2 N–H and O–H groups in total. The van der Waals surface area contributed by atoms with Gasteiger partial charge in [-0.1, -0.05) is 19.9 Å². The van der Waals surface area contributed by atoms with Crippen molar-refractivity contribution >= 4 is 11.4 Å². The molecule has 0 aromatic carbocycles. The summed E-state index contributed by atoms with van der Waals surface area (Å²) in [4.78, 5) is 20.4. The van der Waals surface area contributed by atoms with Crippen LogP contribution in [0.15, 0.2) is 24.4 Å². The first-order valence-corrected chi connectivity index (χ1v) is 11.8. The first-order chi connectivity index (χ1) is 14.9. The van der Waals surface area contributed by atoms with E-state index in [-0.39, 0.29) is 17.9 Å². The fraction of sp³-hybridized carbons (Fsp3) is 0.667. The smallest absolute Gasteiger partial charge is 0.272 e. The minimum Gasteiger partial charge on any atom is -0.388 e. The molecule has 0 radical (unpaired) electrons. The molecule has 0 aliphatic carbocycles. The van der Waals surface area contributed by atoms with Crippen molar-refractivity contribution < 1.29 is 14.6 Å². The third kappa shape index (κ3) is 3.99. The number of hydrogen-bond acceptors (Lipinski definition) is 5.